The number of nitrogens with two attached hydrogens (primary N) is 1. The first-order valence-corrected chi connectivity index (χ1v) is 5.70. The molecule has 1 aliphatic heterocycles. The topological polar surface area (TPSA) is 76.3 Å². The molecule has 0 saturated carbocycles. The molecule has 1 aliphatic rings. The van der Waals surface area contributed by atoms with Crippen LogP contribution in [0.2, 0.25) is 0 Å². The number of hydrogen-bond acceptors (Lipinski definition) is 3. The lowest BCUT2D eigenvalue weighted by atomic mass is 10.1. The molecule has 1 saturated heterocycles. The maximum absolute atomic E-state index is 12.8. The number of primary amides is 1. The van der Waals surface area contributed by atoms with E-state index in [2.05, 4.69) is 20.9 Å². The molecule has 1 atom stereocenters. The molecule has 90 valence electrons. The smallest absolute Gasteiger partial charge is 0.227 e. The Morgan fingerprint density at radius 1 is 1.59 bits per heavy atom. The number of anilines is 1. The Labute approximate surface area is 105 Å². The Morgan fingerprint density at radius 2 is 2.29 bits per heavy atom. The van der Waals surface area contributed by atoms with Gasteiger partial charge < -0.3 is 10.6 Å². The van der Waals surface area contributed by atoms with E-state index in [9.17, 15) is 14.0 Å². The molecule has 0 radical (unpaired) electrons. The number of carbonyl (C=O) groups excluding carboxylic acids is 2. The first-order chi connectivity index (χ1) is 7.99. The van der Waals surface area contributed by atoms with Crippen molar-refractivity contribution in [3.63, 3.8) is 0 Å². The van der Waals surface area contributed by atoms with E-state index in [1.165, 1.54) is 11.0 Å². The number of carbonyl (C=O) groups is 2. The lowest BCUT2D eigenvalue weighted by molar-refractivity contribution is -0.123. The highest BCUT2D eigenvalue weighted by Crippen LogP contribution is 2.30. The SMILES string of the molecule is NC(=O)C1CC(=O)N(c2ccc(F)nc2Br)C1. The molecule has 1 fully saturated rings. The van der Waals surface area contributed by atoms with Gasteiger partial charge >= 0.3 is 0 Å². The fraction of sp³-hybridized carbons (Fsp3) is 0.300. The fourth-order valence-corrected chi connectivity index (χ4v) is 2.25. The summed E-state index contributed by atoms with van der Waals surface area (Å²) in [4.78, 5) is 27.7. The van der Waals surface area contributed by atoms with Gasteiger partial charge in [-0.05, 0) is 28.1 Å². The van der Waals surface area contributed by atoms with E-state index in [0.717, 1.165) is 6.07 Å². The number of aromatic nitrogens is 1. The van der Waals surface area contributed by atoms with Crippen LogP contribution in [0.1, 0.15) is 6.42 Å². The van der Waals surface area contributed by atoms with Crippen molar-refractivity contribution in [1.29, 1.82) is 0 Å². The van der Waals surface area contributed by atoms with Crippen LogP contribution in [0.3, 0.4) is 0 Å². The molecule has 2 amide bonds. The quantitative estimate of drug-likeness (QED) is 0.822. The second-order valence-electron chi connectivity index (χ2n) is 3.75. The molecule has 1 aromatic rings. The summed E-state index contributed by atoms with van der Waals surface area (Å²) in [5.41, 5.74) is 5.60. The third kappa shape index (κ3) is 2.28. The lowest BCUT2D eigenvalue weighted by Crippen LogP contribution is -2.28. The minimum Gasteiger partial charge on any atom is -0.369 e. The summed E-state index contributed by atoms with van der Waals surface area (Å²) in [6.45, 7) is 0.208. The first kappa shape index (κ1) is 12.0. The molecule has 1 unspecified atom stereocenters. The molecule has 0 spiro atoms. The van der Waals surface area contributed by atoms with Crippen molar-refractivity contribution in [2.45, 2.75) is 6.42 Å². The van der Waals surface area contributed by atoms with Gasteiger partial charge in [0.1, 0.15) is 4.60 Å². The second-order valence-corrected chi connectivity index (χ2v) is 4.50. The summed E-state index contributed by atoms with van der Waals surface area (Å²) in [6, 6.07) is 2.60. The van der Waals surface area contributed by atoms with Crippen LogP contribution >= 0.6 is 15.9 Å². The number of nitrogens with zero attached hydrogens (tertiary/aromatic N) is 2. The molecule has 7 heteroatoms. The predicted molar refractivity (Wildman–Crippen MR) is 61.5 cm³/mol. The number of pyridine rings is 1. The summed E-state index contributed by atoms with van der Waals surface area (Å²) in [5.74, 6) is -1.87. The minimum atomic E-state index is -0.640. The van der Waals surface area contributed by atoms with E-state index in [0.29, 0.717) is 5.69 Å². The van der Waals surface area contributed by atoms with Crippen molar-refractivity contribution in [2.75, 3.05) is 11.4 Å². The van der Waals surface area contributed by atoms with Gasteiger partial charge in [0.2, 0.25) is 17.8 Å². The highest BCUT2D eigenvalue weighted by atomic mass is 79.9. The van der Waals surface area contributed by atoms with Crippen LogP contribution in [0.5, 0.6) is 0 Å². The zero-order valence-corrected chi connectivity index (χ0v) is 10.3. The fourth-order valence-electron chi connectivity index (χ4n) is 1.74. The average Bonchev–Trinajstić information content (AvgIpc) is 2.61. The third-order valence-electron chi connectivity index (χ3n) is 2.61. The van der Waals surface area contributed by atoms with Crippen molar-refractivity contribution >= 4 is 33.4 Å². The van der Waals surface area contributed by atoms with Gasteiger partial charge in [0.15, 0.2) is 0 Å². The summed E-state index contributed by atoms with van der Waals surface area (Å²) >= 11 is 3.08. The van der Waals surface area contributed by atoms with E-state index < -0.39 is 17.8 Å². The van der Waals surface area contributed by atoms with Gasteiger partial charge in [-0.3, -0.25) is 9.59 Å². The molecule has 0 bridgehead atoms. The second kappa shape index (κ2) is 4.40. The minimum absolute atomic E-state index is 0.0825. The van der Waals surface area contributed by atoms with Gasteiger partial charge in [0.05, 0.1) is 11.6 Å². The summed E-state index contributed by atoms with van der Waals surface area (Å²) in [5, 5.41) is 0. The molecule has 0 aliphatic carbocycles. The first-order valence-electron chi connectivity index (χ1n) is 4.90. The monoisotopic (exact) mass is 301 g/mol. The molecule has 2 N–H and O–H groups in total. The highest BCUT2D eigenvalue weighted by Gasteiger charge is 2.34. The van der Waals surface area contributed by atoms with Gasteiger partial charge in [-0.2, -0.15) is 4.39 Å². The van der Waals surface area contributed by atoms with E-state index >= 15 is 0 Å². The Balaban J connectivity index is 2.29. The Hall–Kier alpha value is -1.50. The number of rotatable bonds is 2. The van der Waals surface area contributed by atoms with Crippen LogP contribution in [0, 0.1) is 11.9 Å². The van der Waals surface area contributed by atoms with Gasteiger partial charge in [-0.1, -0.05) is 0 Å². The van der Waals surface area contributed by atoms with E-state index in [4.69, 9.17) is 5.73 Å². The van der Waals surface area contributed by atoms with Crippen molar-refractivity contribution < 1.29 is 14.0 Å². The largest absolute Gasteiger partial charge is 0.369 e. The zero-order chi connectivity index (χ0) is 12.6. The van der Waals surface area contributed by atoms with Gasteiger partial charge in [-0.15, -0.1) is 0 Å². The van der Waals surface area contributed by atoms with E-state index in [1.807, 2.05) is 0 Å². The maximum Gasteiger partial charge on any atom is 0.227 e. The van der Waals surface area contributed by atoms with Gasteiger partial charge in [0.25, 0.3) is 0 Å². The zero-order valence-electron chi connectivity index (χ0n) is 8.69. The van der Waals surface area contributed by atoms with Crippen LogP contribution in [0.15, 0.2) is 16.7 Å². The Morgan fingerprint density at radius 3 is 2.82 bits per heavy atom. The van der Waals surface area contributed by atoms with Crippen LogP contribution in [-0.4, -0.2) is 23.3 Å². The normalized spacial score (nSPS) is 19.8. The molecule has 5 nitrogen and oxygen atoms in total. The van der Waals surface area contributed by atoms with Crippen molar-refractivity contribution in [2.24, 2.45) is 11.7 Å². The Kier molecular flexibility index (Phi) is 3.10. The van der Waals surface area contributed by atoms with Crippen LogP contribution in [0.4, 0.5) is 10.1 Å². The molecule has 17 heavy (non-hydrogen) atoms. The summed E-state index contributed by atoms with van der Waals surface area (Å²) < 4.78 is 13.1. The number of hydrogen-bond donors (Lipinski definition) is 1. The standard InChI is InChI=1S/C10H9BrFN3O2/c11-9-6(1-2-7(12)14-9)15-4-5(10(13)17)3-8(15)16/h1-2,5H,3-4H2,(H2,13,17). The molecular formula is C10H9BrFN3O2. The Bertz CT molecular complexity index is 494. The van der Waals surface area contributed by atoms with E-state index in [-0.39, 0.29) is 23.5 Å². The molecular weight excluding hydrogens is 293 g/mol. The maximum atomic E-state index is 12.8. The van der Waals surface area contributed by atoms with Crippen LogP contribution < -0.4 is 10.6 Å². The van der Waals surface area contributed by atoms with E-state index in [1.54, 1.807) is 0 Å². The lowest BCUT2D eigenvalue weighted by Gasteiger charge is -2.17. The number of amides is 2. The van der Waals surface area contributed by atoms with Crippen molar-refractivity contribution in [3.05, 3.63) is 22.7 Å². The summed E-state index contributed by atoms with van der Waals surface area (Å²) in [6.07, 6.45) is 0.0825. The van der Waals surface area contributed by atoms with Crippen LogP contribution in [-0.2, 0) is 9.59 Å². The van der Waals surface area contributed by atoms with Crippen LogP contribution in [0.25, 0.3) is 0 Å². The van der Waals surface area contributed by atoms with Gasteiger partial charge in [0, 0.05) is 13.0 Å². The highest BCUT2D eigenvalue weighted by molar-refractivity contribution is 9.10. The predicted octanol–water partition coefficient (Wildman–Crippen LogP) is 0.821. The van der Waals surface area contributed by atoms with Gasteiger partial charge in [-0.25, -0.2) is 4.98 Å². The molecule has 2 heterocycles. The number of halogens is 2. The van der Waals surface area contributed by atoms with Crippen molar-refractivity contribution in [1.82, 2.24) is 4.98 Å². The van der Waals surface area contributed by atoms with Crippen molar-refractivity contribution in [3.8, 4) is 0 Å². The summed E-state index contributed by atoms with van der Waals surface area (Å²) in [7, 11) is 0. The molecule has 1 aromatic heterocycles. The molecule has 2 rings (SSSR count). The third-order valence-corrected chi connectivity index (χ3v) is 3.20. The molecule has 0 aromatic carbocycles. The average molecular weight is 302 g/mol.